The number of hydrogen-bond acceptors (Lipinski definition) is 2. The maximum atomic E-state index is 12.7. The van der Waals surface area contributed by atoms with E-state index in [9.17, 15) is 13.2 Å². The van der Waals surface area contributed by atoms with Crippen LogP contribution in [0.25, 0.3) is 23.5 Å². The van der Waals surface area contributed by atoms with Crippen molar-refractivity contribution in [1.82, 2.24) is 9.97 Å². The molecule has 0 radical (unpaired) electrons. The molecule has 120 valence electrons. The molecule has 1 aromatic carbocycles. The lowest BCUT2D eigenvalue weighted by Crippen LogP contribution is -2.04. The van der Waals surface area contributed by atoms with Crippen LogP contribution in [-0.2, 0) is 6.18 Å². The average Bonchev–Trinajstić information content (AvgIpc) is 2.61. The molecule has 0 aliphatic heterocycles. The third-order valence-corrected chi connectivity index (χ3v) is 3.40. The van der Waals surface area contributed by atoms with Gasteiger partial charge in [0.1, 0.15) is 0 Å². The Labute approximate surface area is 137 Å². The van der Waals surface area contributed by atoms with Crippen molar-refractivity contribution >= 4 is 12.2 Å². The zero-order valence-corrected chi connectivity index (χ0v) is 12.5. The molecule has 2 nitrogen and oxygen atoms in total. The minimum atomic E-state index is -4.34. The number of pyridine rings is 2. The molecule has 0 fully saturated rings. The van der Waals surface area contributed by atoms with Crippen LogP contribution < -0.4 is 0 Å². The van der Waals surface area contributed by atoms with Gasteiger partial charge in [0, 0.05) is 12.4 Å². The van der Waals surface area contributed by atoms with Gasteiger partial charge in [-0.05, 0) is 41.5 Å². The lowest BCUT2D eigenvalue weighted by molar-refractivity contribution is -0.137. The molecule has 0 aliphatic carbocycles. The Bertz CT molecular complexity index is 838. The predicted molar refractivity (Wildman–Crippen MR) is 87.8 cm³/mol. The molecule has 2 aromatic heterocycles. The summed E-state index contributed by atoms with van der Waals surface area (Å²) in [7, 11) is 0. The van der Waals surface area contributed by atoms with Crippen molar-refractivity contribution in [3.05, 3.63) is 83.7 Å². The van der Waals surface area contributed by atoms with Crippen LogP contribution in [0.1, 0.15) is 16.7 Å². The molecule has 0 aliphatic rings. The number of benzene rings is 1. The van der Waals surface area contributed by atoms with Crippen molar-refractivity contribution in [3.63, 3.8) is 0 Å². The van der Waals surface area contributed by atoms with E-state index < -0.39 is 11.7 Å². The Morgan fingerprint density at radius 2 is 1.54 bits per heavy atom. The SMILES string of the molecule is FC(F)(F)c1cccc(/C=C\c2ccc(-c3ccccn3)nc2)c1. The molecule has 0 spiro atoms. The summed E-state index contributed by atoms with van der Waals surface area (Å²) in [6, 6.07) is 14.4. The van der Waals surface area contributed by atoms with Crippen LogP contribution in [-0.4, -0.2) is 9.97 Å². The largest absolute Gasteiger partial charge is 0.416 e. The van der Waals surface area contributed by atoms with Crippen LogP contribution in [0, 0.1) is 0 Å². The lowest BCUT2D eigenvalue weighted by Gasteiger charge is -2.06. The van der Waals surface area contributed by atoms with Gasteiger partial charge in [0.25, 0.3) is 0 Å². The molecule has 24 heavy (non-hydrogen) atoms. The molecular weight excluding hydrogens is 313 g/mol. The predicted octanol–water partition coefficient (Wildman–Crippen LogP) is 5.33. The normalized spacial score (nSPS) is 11.8. The minimum absolute atomic E-state index is 0.485. The molecule has 0 atom stereocenters. The van der Waals surface area contributed by atoms with Crippen molar-refractivity contribution in [3.8, 4) is 11.4 Å². The van der Waals surface area contributed by atoms with Gasteiger partial charge in [0.2, 0.25) is 0 Å². The molecular formula is C19H13F3N2. The molecule has 0 saturated carbocycles. The second-order valence-electron chi connectivity index (χ2n) is 5.15. The Morgan fingerprint density at radius 1 is 0.750 bits per heavy atom. The number of aromatic nitrogens is 2. The molecule has 0 bridgehead atoms. The quantitative estimate of drug-likeness (QED) is 0.650. The summed E-state index contributed by atoms with van der Waals surface area (Å²) in [4.78, 5) is 8.54. The minimum Gasteiger partial charge on any atom is -0.255 e. The summed E-state index contributed by atoms with van der Waals surface area (Å²) in [5, 5.41) is 0. The topological polar surface area (TPSA) is 25.8 Å². The van der Waals surface area contributed by atoms with Crippen LogP contribution in [0.2, 0.25) is 0 Å². The highest BCUT2D eigenvalue weighted by molar-refractivity contribution is 5.70. The van der Waals surface area contributed by atoms with Gasteiger partial charge in [-0.3, -0.25) is 9.97 Å². The number of hydrogen-bond donors (Lipinski definition) is 0. The number of halogens is 3. The molecule has 5 heteroatoms. The average molecular weight is 326 g/mol. The van der Waals surface area contributed by atoms with Crippen LogP contribution in [0.3, 0.4) is 0 Å². The van der Waals surface area contributed by atoms with Gasteiger partial charge in [-0.25, -0.2) is 0 Å². The number of alkyl halides is 3. The molecule has 2 heterocycles. The van der Waals surface area contributed by atoms with Gasteiger partial charge < -0.3 is 0 Å². The standard InChI is InChI=1S/C19H13F3N2/c20-19(21,22)16-5-3-4-14(12-16)7-8-15-9-10-18(24-13-15)17-6-1-2-11-23-17/h1-13H/b8-7-. The first kappa shape index (κ1) is 15.9. The fourth-order valence-electron chi connectivity index (χ4n) is 2.18. The van der Waals surface area contributed by atoms with E-state index in [0.29, 0.717) is 5.56 Å². The van der Waals surface area contributed by atoms with Crippen LogP contribution in [0.15, 0.2) is 67.0 Å². The summed E-state index contributed by atoms with van der Waals surface area (Å²) < 4.78 is 38.1. The van der Waals surface area contributed by atoms with E-state index in [1.165, 1.54) is 6.07 Å². The van der Waals surface area contributed by atoms with Gasteiger partial charge in [0.15, 0.2) is 0 Å². The van der Waals surface area contributed by atoms with Crippen LogP contribution >= 0.6 is 0 Å². The second-order valence-corrected chi connectivity index (χ2v) is 5.15. The van der Waals surface area contributed by atoms with E-state index in [-0.39, 0.29) is 0 Å². The molecule has 0 saturated heterocycles. The van der Waals surface area contributed by atoms with Crippen molar-refractivity contribution in [2.45, 2.75) is 6.18 Å². The monoisotopic (exact) mass is 326 g/mol. The molecule has 3 rings (SSSR count). The number of nitrogens with zero attached hydrogens (tertiary/aromatic N) is 2. The zero-order chi connectivity index (χ0) is 17.0. The van der Waals surface area contributed by atoms with Crippen molar-refractivity contribution in [2.75, 3.05) is 0 Å². The summed E-state index contributed by atoms with van der Waals surface area (Å²) >= 11 is 0. The van der Waals surface area contributed by atoms with E-state index in [1.54, 1.807) is 30.6 Å². The van der Waals surface area contributed by atoms with Crippen molar-refractivity contribution < 1.29 is 13.2 Å². The fraction of sp³-hybridized carbons (Fsp3) is 0.0526. The summed E-state index contributed by atoms with van der Waals surface area (Å²) in [6.07, 6.45) is 2.37. The third kappa shape index (κ3) is 3.87. The molecule has 0 unspecified atom stereocenters. The molecule has 3 aromatic rings. The van der Waals surface area contributed by atoms with Gasteiger partial charge in [-0.1, -0.05) is 36.4 Å². The van der Waals surface area contributed by atoms with Crippen LogP contribution in [0.4, 0.5) is 13.2 Å². The Morgan fingerprint density at radius 3 is 2.21 bits per heavy atom. The molecule has 0 amide bonds. The van der Waals surface area contributed by atoms with Gasteiger partial charge >= 0.3 is 6.18 Å². The first-order valence-electron chi connectivity index (χ1n) is 7.25. The lowest BCUT2D eigenvalue weighted by atomic mass is 10.1. The highest BCUT2D eigenvalue weighted by Gasteiger charge is 2.30. The highest BCUT2D eigenvalue weighted by atomic mass is 19.4. The highest BCUT2D eigenvalue weighted by Crippen LogP contribution is 2.29. The van der Waals surface area contributed by atoms with E-state index in [4.69, 9.17) is 0 Å². The van der Waals surface area contributed by atoms with Gasteiger partial charge in [-0.15, -0.1) is 0 Å². The van der Waals surface area contributed by atoms with E-state index >= 15 is 0 Å². The Hall–Kier alpha value is -2.95. The Kier molecular flexibility index (Phi) is 4.42. The van der Waals surface area contributed by atoms with E-state index in [1.807, 2.05) is 30.3 Å². The van der Waals surface area contributed by atoms with E-state index in [0.717, 1.165) is 29.1 Å². The van der Waals surface area contributed by atoms with E-state index in [2.05, 4.69) is 9.97 Å². The first-order chi connectivity index (χ1) is 11.5. The van der Waals surface area contributed by atoms with Crippen molar-refractivity contribution in [1.29, 1.82) is 0 Å². The van der Waals surface area contributed by atoms with Crippen molar-refractivity contribution in [2.24, 2.45) is 0 Å². The third-order valence-electron chi connectivity index (χ3n) is 3.40. The summed E-state index contributed by atoms with van der Waals surface area (Å²) in [5.74, 6) is 0. The Balaban J connectivity index is 1.78. The van der Waals surface area contributed by atoms with Crippen LogP contribution in [0.5, 0.6) is 0 Å². The smallest absolute Gasteiger partial charge is 0.255 e. The second kappa shape index (κ2) is 6.66. The first-order valence-corrected chi connectivity index (χ1v) is 7.25. The van der Waals surface area contributed by atoms with Gasteiger partial charge in [-0.2, -0.15) is 13.2 Å². The maximum Gasteiger partial charge on any atom is 0.416 e. The molecule has 0 N–H and O–H groups in total. The summed E-state index contributed by atoms with van der Waals surface area (Å²) in [5.41, 5.74) is 2.14. The number of rotatable bonds is 3. The van der Waals surface area contributed by atoms with Gasteiger partial charge in [0.05, 0.1) is 17.0 Å². The summed E-state index contributed by atoms with van der Waals surface area (Å²) in [6.45, 7) is 0. The fourth-order valence-corrected chi connectivity index (χ4v) is 2.18. The maximum absolute atomic E-state index is 12.7. The zero-order valence-electron chi connectivity index (χ0n) is 12.5.